The Morgan fingerprint density at radius 3 is 2.46 bits per heavy atom. The molecule has 2 N–H and O–H groups in total. The van der Waals surface area contributed by atoms with Crippen LogP contribution in [0.25, 0.3) is 0 Å². The van der Waals surface area contributed by atoms with Gasteiger partial charge in [-0.05, 0) is 49.1 Å². The van der Waals surface area contributed by atoms with E-state index in [9.17, 15) is 4.79 Å². The van der Waals surface area contributed by atoms with E-state index < -0.39 is 0 Å². The normalized spacial score (nSPS) is 19.7. The zero-order valence-corrected chi connectivity index (χ0v) is 15.3. The molecule has 1 atom stereocenters. The second-order valence-corrected chi connectivity index (χ2v) is 7.52. The van der Waals surface area contributed by atoms with E-state index in [1.807, 2.05) is 12.1 Å². The Bertz CT molecular complexity index is 750. The molecular formula is C22H28N3O+. The summed E-state index contributed by atoms with van der Waals surface area (Å²) in [5.41, 5.74) is 4.98. The Morgan fingerprint density at radius 1 is 0.962 bits per heavy atom. The smallest absolute Gasteiger partial charge is 0.279 e. The number of nitrogens with one attached hydrogen (secondary N) is 2. The fourth-order valence-corrected chi connectivity index (χ4v) is 4.13. The Labute approximate surface area is 155 Å². The second kappa shape index (κ2) is 7.92. The highest BCUT2D eigenvalue weighted by Gasteiger charge is 2.21. The number of carbonyl (C=O) groups is 1. The molecule has 0 radical (unpaired) electrons. The number of carbonyl (C=O) groups excluding carboxylic acids is 1. The van der Waals surface area contributed by atoms with Crippen molar-refractivity contribution in [2.24, 2.45) is 0 Å². The number of piperidine rings is 1. The lowest BCUT2D eigenvalue weighted by Gasteiger charge is -2.29. The predicted octanol–water partition coefficient (Wildman–Crippen LogP) is 2.26. The van der Waals surface area contributed by atoms with Gasteiger partial charge in [0.2, 0.25) is 0 Å². The van der Waals surface area contributed by atoms with Crippen LogP contribution in [0.5, 0.6) is 0 Å². The van der Waals surface area contributed by atoms with E-state index in [1.165, 1.54) is 41.0 Å². The number of hydrogen-bond acceptors (Lipinski definition) is 2. The van der Waals surface area contributed by atoms with Crippen LogP contribution >= 0.6 is 0 Å². The second-order valence-electron chi connectivity index (χ2n) is 7.52. The topological polar surface area (TPSA) is 36.8 Å². The quantitative estimate of drug-likeness (QED) is 0.887. The van der Waals surface area contributed by atoms with Crippen molar-refractivity contribution in [3.63, 3.8) is 0 Å². The van der Waals surface area contributed by atoms with Crippen molar-refractivity contribution >= 4 is 17.3 Å². The molecule has 1 saturated heterocycles. The number of anilines is 2. The van der Waals surface area contributed by atoms with Crippen LogP contribution in [0, 0.1) is 0 Å². The predicted molar refractivity (Wildman–Crippen MR) is 106 cm³/mol. The summed E-state index contributed by atoms with van der Waals surface area (Å²) in [5, 5.41) is 3.07. The molecular weight excluding hydrogens is 322 g/mol. The summed E-state index contributed by atoms with van der Waals surface area (Å²) in [7, 11) is 0. The third kappa shape index (κ3) is 4.07. The van der Waals surface area contributed by atoms with Crippen molar-refractivity contribution in [1.29, 1.82) is 0 Å². The van der Waals surface area contributed by atoms with Crippen LogP contribution in [0.15, 0.2) is 48.5 Å². The highest BCUT2D eigenvalue weighted by molar-refractivity contribution is 5.91. The van der Waals surface area contributed by atoms with E-state index in [2.05, 4.69) is 46.6 Å². The van der Waals surface area contributed by atoms with Gasteiger partial charge in [0.25, 0.3) is 5.91 Å². The van der Waals surface area contributed by atoms with Crippen LogP contribution in [0.4, 0.5) is 11.4 Å². The lowest BCUT2D eigenvalue weighted by atomic mass is 10.00. The number of amides is 1. The molecule has 0 aliphatic carbocycles. The molecule has 0 spiro atoms. The molecule has 0 saturated carbocycles. The number of quaternary nitrogens is 1. The summed E-state index contributed by atoms with van der Waals surface area (Å²) < 4.78 is 0. The molecule has 2 aromatic rings. The molecule has 0 aromatic heterocycles. The highest BCUT2D eigenvalue weighted by Crippen LogP contribution is 2.21. The minimum atomic E-state index is 0.102. The summed E-state index contributed by atoms with van der Waals surface area (Å²) in [4.78, 5) is 16.2. The van der Waals surface area contributed by atoms with Crippen LogP contribution in [0.3, 0.4) is 0 Å². The molecule has 0 bridgehead atoms. The highest BCUT2D eigenvalue weighted by atomic mass is 16.2. The Hall–Kier alpha value is -2.33. The van der Waals surface area contributed by atoms with E-state index >= 15 is 0 Å². The first-order chi connectivity index (χ1) is 12.8. The number of nitrogens with zero attached hydrogens (tertiary/aromatic N) is 1. The fraction of sp³-hybridized carbons (Fsp3) is 0.409. The summed E-state index contributed by atoms with van der Waals surface area (Å²) >= 11 is 0. The molecule has 1 unspecified atom stereocenters. The third-order valence-electron chi connectivity index (χ3n) is 5.59. The van der Waals surface area contributed by atoms with Crippen molar-refractivity contribution in [2.45, 2.75) is 32.2 Å². The summed E-state index contributed by atoms with van der Waals surface area (Å²) in [5.74, 6) is 0.102. The first-order valence-electron chi connectivity index (χ1n) is 9.83. The van der Waals surface area contributed by atoms with Gasteiger partial charge in [0.1, 0.15) is 6.54 Å². The fourth-order valence-electron chi connectivity index (χ4n) is 4.13. The Morgan fingerprint density at radius 2 is 1.69 bits per heavy atom. The molecule has 1 amide bonds. The van der Waals surface area contributed by atoms with Crippen LogP contribution < -0.4 is 15.1 Å². The van der Waals surface area contributed by atoms with Crippen molar-refractivity contribution in [1.82, 2.24) is 0 Å². The van der Waals surface area contributed by atoms with Crippen LogP contribution in [-0.4, -0.2) is 32.1 Å². The maximum absolute atomic E-state index is 12.4. The van der Waals surface area contributed by atoms with Gasteiger partial charge in [-0.2, -0.15) is 0 Å². The summed E-state index contributed by atoms with van der Waals surface area (Å²) in [6, 6.07) is 16.9. The van der Waals surface area contributed by atoms with Gasteiger partial charge < -0.3 is 15.1 Å². The molecule has 2 heterocycles. The molecule has 2 aromatic carbocycles. The van der Waals surface area contributed by atoms with Crippen molar-refractivity contribution in [3.8, 4) is 0 Å². The SMILES string of the molecule is O=C(C[NH+]1CCc2ccccc2C1)Nc1ccc(N2CCCCC2)cc1. The maximum Gasteiger partial charge on any atom is 0.279 e. The maximum atomic E-state index is 12.4. The summed E-state index contributed by atoms with van der Waals surface area (Å²) in [6.07, 6.45) is 4.96. The minimum Gasteiger partial charge on any atom is -0.372 e. The van der Waals surface area contributed by atoms with E-state index in [-0.39, 0.29) is 5.91 Å². The number of fused-ring (bicyclic) bond motifs is 1. The van der Waals surface area contributed by atoms with Gasteiger partial charge in [0.15, 0.2) is 6.54 Å². The molecule has 4 nitrogen and oxygen atoms in total. The van der Waals surface area contributed by atoms with E-state index in [1.54, 1.807) is 0 Å². The standard InChI is InChI=1S/C22H27N3O/c26-22(17-24-15-12-18-6-2-3-7-19(18)16-24)23-20-8-10-21(11-9-20)25-13-4-1-5-14-25/h2-3,6-11H,1,4-5,12-17H2,(H,23,26)/p+1. The first kappa shape index (κ1) is 17.1. The molecule has 2 aliphatic heterocycles. The van der Waals surface area contributed by atoms with Gasteiger partial charge in [0, 0.05) is 36.4 Å². The molecule has 4 rings (SSSR count). The van der Waals surface area contributed by atoms with Gasteiger partial charge in [-0.15, -0.1) is 0 Å². The number of benzene rings is 2. The lowest BCUT2D eigenvalue weighted by Crippen LogP contribution is -3.12. The third-order valence-corrected chi connectivity index (χ3v) is 5.59. The monoisotopic (exact) mass is 350 g/mol. The van der Waals surface area contributed by atoms with E-state index in [4.69, 9.17) is 0 Å². The van der Waals surface area contributed by atoms with Crippen molar-refractivity contribution in [2.75, 3.05) is 36.4 Å². The largest absolute Gasteiger partial charge is 0.372 e. The van der Waals surface area contributed by atoms with Crippen molar-refractivity contribution in [3.05, 3.63) is 59.7 Å². The molecule has 136 valence electrons. The van der Waals surface area contributed by atoms with Gasteiger partial charge in [-0.3, -0.25) is 4.79 Å². The molecule has 26 heavy (non-hydrogen) atoms. The van der Waals surface area contributed by atoms with Gasteiger partial charge in [-0.1, -0.05) is 24.3 Å². The number of hydrogen-bond donors (Lipinski definition) is 2. The van der Waals surface area contributed by atoms with Gasteiger partial charge >= 0.3 is 0 Å². The number of rotatable bonds is 4. The molecule has 1 fully saturated rings. The first-order valence-corrected chi connectivity index (χ1v) is 9.83. The average Bonchev–Trinajstić information content (AvgIpc) is 2.69. The Balaban J connectivity index is 1.31. The van der Waals surface area contributed by atoms with Gasteiger partial charge in [-0.25, -0.2) is 0 Å². The minimum absolute atomic E-state index is 0.102. The lowest BCUT2D eigenvalue weighted by molar-refractivity contribution is -0.907. The van der Waals surface area contributed by atoms with E-state index in [0.717, 1.165) is 38.3 Å². The van der Waals surface area contributed by atoms with Crippen LogP contribution in [0.2, 0.25) is 0 Å². The van der Waals surface area contributed by atoms with Crippen molar-refractivity contribution < 1.29 is 9.69 Å². The van der Waals surface area contributed by atoms with E-state index in [0.29, 0.717) is 6.54 Å². The van der Waals surface area contributed by atoms with Crippen LogP contribution in [-0.2, 0) is 17.8 Å². The summed E-state index contributed by atoms with van der Waals surface area (Å²) in [6.45, 7) is 4.79. The van der Waals surface area contributed by atoms with Gasteiger partial charge in [0.05, 0.1) is 6.54 Å². The van der Waals surface area contributed by atoms with Crippen LogP contribution in [0.1, 0.15) is 30.4 Å². The zero-order chi connectivity index (χ0) is 17.8. The average molecular weight is 350 g/mol. The zero-order valence-electron chi connectivity index (χ0n) is 15.3. The Kier molecular flexibility index (Phi) is 5.21. The molecule has 2 aliphatic rings. The molecule has 4 heteroatoms.